The van der Waals surface area contributed by atoms with Gasteiger partial charge < -0.3 is 9.94 Å². The van der Waals surface area contributed by atoms with Gasteiger partial charge in [0, 0.05) is 6.21 Å². The molecule has 0 heterocycles. The van der Waals surface area contributed by atoms with Gasteiger partial charge in [0.15, 0.2) is 12.0 Å². The van der Waals surface area contributed by atoms with E-state index in [0.717, 1.165) is 6.42 Å². The van der Waals surface area contributed by atoms with Gasteiger partial charge in [0.2, 0.25) is 0 Å². The molecule has 0 unspecified atom stereocenters. The molecule has 1 aromatic carbocycles. The van der Waals surface area contributed by atoms with Gasteiger partial charge in [0.25, 0.3) is 0 Å². The molecule has 1 rings (SSSR count). The Hall–Kier alpha value is -2.04. The molecule has 1 aromatic rings. The summed E-state index contributed by atoms with van der Waals surface area (Å²) < 4.78 is 0. The summed E-state index contributed by atoms with van der Waals surface area (Å²) in [5.41, 5.74) is 0.120. The van der Waals surface area contributed by atoms with Gasteiger partial charge in [-0.15, -0.1) is 5.17 Å². The van der Waals surface area contributed by atoms with Crippen LogP contribution in [0, 0.1) is 0 Å². The Bertz CT molecular complexity index is 430. The number of hydroxylamine groups is 1. The van der Waals surface area contributed by atoms with Crippen molar-refractivity contribution in [2.24, 2.45) is 5.10 Å². The largest absolute Gasteiger partial charge is 0.507 e. The van der Waals surface area contributed by atoms with Gasteiger partial charge in [-0.3, -0.25) is 4.79 Å². The molecule has 0 aliphatic heterocycles. The van der Waals surface area contributed by atoms with Crippen molar-refractivity contribution in [2.45, 2.75) is 33.2 Å². The average molecular weight is 250 g/mol. The predicted molar refractivity (Wildman–Crippen MR) is 69.9 cm³/mol. The van der Waals surface area contributed by atoms with Gasteiger partial charge in [-0.05, 0) is 32.4 Å². The van der Waals surface area contributed by atoms with Crippen LogP contribution in [0.5, 0.6) is 11.5 Å². The number of phenolic OH excluding ortho intramolecular Hbond substituents is 1. The maximum absolute atomic E-state index is 10.9. The van der Waals surface area contributed by atoms with Gasteiger partial charge in [-0.2, -0.15) is 5.10 Å². The monoisotopic (exact) mass is 250 g/mol. The molecule has 0 aliphatic rings. The number of hydrogen-bond donors (Lipinski definition) is 1. The van der Waals surface area contributed by atoms with E-state index in [-0.39, 0.29) is 23.1 Å². The number of aldehydes is 1. The number of phenols is 1. The molecule has 0 spiro atoms. The number of hydrazone groups is 1. The fraction of sp³-hybridized carbons (Fsp3) is 0.385. The molecule has 0 aliphatic carbocycles. The number of aromatic hydroxyl groups is 1. The van der Waals surface area contributed by atoms with Crippen LogP contribution in [0.15, 0.2) is 23.3 Å². The van der Waals surface area contributed by atoms with Crippen LogP contribution in [-0.2, 0) is 0 Å². The second-order valence-corrected chi connectivity index (χ2v) is 4.00. The number of benzene rings is 1. The van der Waals surface area contributed by atoms with Gasteiger partial charge in [-0.1, -0.05) is 13.0 Å². The Morgan fingerprint density at radius 1 is 1.50 bits per heavy atom. The van der Waals surface area contributed by atoms with Crippen molar-refractivity contribution >= 4 is 12.5 Å². The van der Waals surface area contributed by atoms with E-state index in [1.54, 1.807) is 18.3 Å². The normalized spacial score (nSPS) is 10.9. The van der Waals surface area contributed by atoms with E-state index in [1.807, 2.05) is 20.8 Å². The van der Waals surface area contributed by atoms with Crippen LogP contribution in [0.3, 0.4) is 0 Å². The Labute approximate surface area is 107 Å². The highest BCUT2D eigenvalue weighted by atomic mass is 16.7. The summed E-state index contributed by atoms with van der Waals surface area (Å²) in [5, 5.41) is 15.1. The summed E-state index contributed by atoms with van der Waals surface area (Å²) in [6.45, 7) is 5.79. The summed E-state index contributed by atoms with van der Waals surface area (Å²) in [5.74, 6) is 0.178. The SMILES string of the molecule is CC/C=N\N(Oc1cccc(O)c1C=O)C(C)C. The lowest BCUT2D eigenvalue weighted by Crippen LogP contribution is -2.29. The summed E-state index contributed by atoms with van der Waals surface area (Å²) in [7, 11) is 0. The van der Waals surface area contributed by atoms with Crippen molar-refractivity contribution < 1.29 is 14.7 Å². The van der Waals surface area contributed by atoms with Gasteiger partial charge in [0.1, 0.15) is 11.3 Å². The number of nitrogens with zero attached hydrogens (tertiary/aromatic N) is 2. The molecule has 0 bridgehead atoms. The third kappa shape index (κ3) is 3.48. The molecule has 0 aromatic heterocycles. The van der Waals surface area contributed by atoms with E-state index in [4.69, 9.17) is 4.84 Å². The number of hydrogen-bond acceptors (Lipinski definition) is 5. The van der Waals surface area contributed by atoms with Crippen molar-refractivity contribution in [3.8, 4) is 11.5 Å². The Kier molecular flexibility index (Phi) is 5.17. The molecule has 5 heteroatoms. The van der Waals surface area contributed by atoms with Crippen LogP contribution in [0.4, 0.5) is 0 Å². The molecule has 0 radical (unpaired) electrons. The van der Waals surface area contributed by atoms with Crippen molar-refractivity contribution in [3.63, 3.8) is 0 Å². The predicted octanol–water partition coefficient (Wildman–Crippen LogP) is 2.60. The number of carbonyl (C=O) groups is 1. The molecule has 0 atom stereocenters. The molecule has 1 N–H and O–H groups in total. The maximum atomic E-state index is 10.9. The molecular formula is C13H18N2O3. The summed E-state index contributed by atoms with van der Waals surface area (Å²) in [6, 6.07) is 4.67. The summed E-state index contributed by atoms with van der Waals surface area (Å²) in [4.78, 5) is 16.4. The quantitative estimate of drug-likeness (QED) is 0.479. The fourth-order valence-electron chi connectivity index (χ4n) is 1.26. The average Bonchev–Trinajstić information content (AvgIpc) is 2.34. The minimum absolute atomic E-state index is 0.00894. The zero-order valence-corrected chi connectivity index (χ0v) is 10.8. The van der Waals surface area contributed by atoms with E-state index >= 15 is 0 Å². The lowest BCUT2D eigenvalue weighted by atomic mass is 10.2. The van der Waals surface area contributed by atoms with Crippen LogP contribution in [0.25, 0.3) is 0 Å². The standard InChI is InChI=1S/C13H18N2O3/c1-4-8-14-15(10(2)3)18-13-7-5-6-12(17)11(13)9-16/h5-10,17H,4H2,1-3H3/b14-8-. The Morgan fingerprint density at radius 2 is 2.22 bits per heavy atom. The van der Waals surface area contributed by atoms with Crippen LogP contribution in [0.1, 0.15) is 37.6 Å². The molecule has 5 nitrogen and oxygen atoms in total. The van der Waals surface area contributed by atoms with Crippen LogP contribution in [0.2, 0.25) is 0 Å². The van der Waals surface area contributed by atoms with E-state index in [1.165, 1.54) is 11.2 Å². The minimum atomic E-state index is -0.106. The van der Waals surface area contributed by atoms with Crippen LogP contribution < -0.4 is 4.84 Å². The Morgan fingerprint density at radius 3 is 2.78 bits per heavy atom. The number of rotatable bonds is 6. The molecule has 18 heavy (non-hydrogen) atoms. The van der Waals surface area contributed by atoms with Gasteiger partial charge in [0.05, 0.1) is 6.04 Å². The topological polar surface area (TPSA) is 62.1 Å². The van der Waals surface area contributed by atoms with E-state index in [2.05, 4.69) is 5.10 Å². The molecule has 98 valence electrons. The molecular weight excluding hydrogens is 232 g/mol. The van der Waals surface area contributed by atoms with Gasteiger partial charge in [-0.25, -0.2) is 0 Å². The van der Waals surface area contributed by atoms with Crippen molar-refractivity contribution in [1.82, 2.24) is 5.17 Å². The smallest absolute Gasteiger partial charge is 0.171 e. The maximum Gasteiger partial charge on any atom is 0.171 e. The van der Waals surface area contributed by atoms with E-state index < -0.39 is 0 Å². The van der Waals surface area contributed by atoms with Crippen LogP contribution >= 0.6 is 0 Å². The van der Waals surface area contributed by atoms with Crippen LogP contribution in [-0.4, -0.2) is 28.8 Å². The first kappa shape index (κ1) is 14.0. The lowest BCUT2D eigenvalue weighted by molar-refractivity contribution is -0.0838. The first-order valence-electron chi connectivity index (χ1n) is 5.87. The Balaban J connectivity index is 2.97. The number of carbonyl (C=O) groups excluding carboxylic acids is 1. The van der Waals surface area contributed by atoms with Gasteiger partial charge >= 0.3 is 0 Å². The highest BCUT2D eigenvalue weighted by molar-refractivity contribution is 5.83. The molecule has 0 fully saturated rings. The summed E-state index contributed by atoms with van der Waals surface area (Å²) in [6.07, 6.45) is 3.06. The van der Waals surface area contributed by atoms with E-state index in [9.17, 15) is 9.90 Å². The van der Waals surface area contributed by atoms with E-state index in [0.29, 0.717) is 6.29 Å². The zero-order valence-electron chi connectivity index (χ0n) is 10.8. The minimum Gasteiger partial charge on any atom is -0.507 e. The second kappa shape index (κ2) is 6.64. The van der Waals surface area contributed by atoms with Crippen molar-refractivity contribution in [2.75, 3.05) is 0 Å². The molecule has 0 saturated carbocycles. The highest BCUT2D eigenvalue weighted by Crippen LogP contribution is 2.26. The first-order chi connectivity index (χ1) is 8.60. The lowest BCUT2D eigenvalue weighted by Gasteiger charge is -2.23. The fourth-order valence-corrected chi connectivity index (χ4v) is 1.26. The summed E-state index contributed by atoms with van der Waals surface area (Å²) >= 11 is 0. The third-order valence-corrected chi connectivity index (χ3v) is 2.17. The third-order valence-electron chi connectivity index (χ3n) is 2.17. The van der Waals surface area contributed by atoms with Crippen molar-refractivity contribution in [3.05, 3.63) is 23.8 Å². The first-order valence-corrected chi connectivity index (χ1v) is 5.87. The molecule has 0 saturated heterocycles. The molecule has 0 amide bonds. The van der Waals surface area contributed by atoms with Crippen molar-refractivity contribution in [1.29, 1.82) is 0 Å². The highest BCUT2D eigenvalue weighted by Gasteiger charge is 2.13. The second-order valence-electron chi connectivity index (χ2n) is 4.00. The zero-order chi connectivity index (χ0) is 13.5.